The van der Waals surface area contributed by atoms with Crippen molar-refractivity contribution < 1.29 is 23.7 Å². The van der Waals surface area contributed by atoms with E-state index >= 15 is 0 Å². The fourth-order valence-corrected chi connectivity index (χ4v) is 1.98. The van der Waals surface area contributed by atoms with Gasteiger partial charge in [0.05, 0.1) is 20.3 Å². The lowest BCUT2D eigenvalue weighted by Crippen LogP contribution is -2.25. The number of methoxy groups -OCH3 is 2. The number of nitriles is 1. The van der Waals surface area contributed by atoms with E-state index in [9.17, 15) is 10.1 Å². The zero-order valence-electron chi connectivity index (χ0n) is 14.6. The number of carbonyl (C=O) groups is 1. The average molecular weight is 358 g/mol. The lowest BCUT2D eigenvalue weighted by molar-refractivity contribution is 0.122. The largest absolute Gasteiger partial charge is 0.481 e. The smallest absolute Gasteiger partial charge is 0.408 e. The van der Waals surface area contributed by atoms with Crippen LogP contribution in [0.15, 0.2) is 30.3 Å². The summed E-state index contributed by atoms with van der Waals surface area (Å²) in [7, 11) is 2.90. The van der Waals surface area contributed by atoms with Gasteiger partial charge in [-0.2, -0.15) is 15.2 Å². The van der Waals surface area contributed by atoms with Crippen LogP contribution in [0.4, 0.5) is 4.79 Å². The Labute approximate surface area is 150 Å². The molecule has 0 bridgehead atoms. The van der Waals surface area contributed by atoms with Crippen LogP contribution >= 0.6 is 0 Å². The molecule has 9 heteroatoms. The quantitative estimate of drug-likeness (QED) is 0.803. The summed E-state index contributed by atoms with van der Waals surface area (Å²) < 4.78 is 20.9. The predicted molar refractivity (Wildman–Crippen MR) is 90.2 cm³/mol. The van der Waals surface area contributed by atoms with Gasteiger partial charge in [-0.3, -0.25) is 0 Å². The molecule has 0 aliphatic carbocycles. The third-order valence-electron chi connectivity index (χ3n) is 3.14. The van der Waals surface area contributed by atoms with E-state index < -0.39 is 12.2 Å². The van der Waals surface area contributed by atoms with Gasteiger partial charge in [0.2, 0.25) is 17.9 Å². The van der Waals surface area contributed by atoms with Gasteiger partial charge in [0.25, 0.3) is 0 Å². The second kappa shape index (κ2) is 9.08. The molecule has 9 nitrogen and oxygen atoms in total. The van der Waals surface area contributed by atoms with Crippen LogP contribution in [0.1, 0.15) is 18.6 Å². The Kier molecular flexibility index (Phi) is 6.56. The number of para-hydroxylation sites is 1. The summed E-state index contributed by atoms with van der Waals surface area (Å²) in [6.45, 7) is 2.12. The van der Waals surface area contributed by atoms with Crippen molar-refractivity contribution in [3.8, 4) is 29.6 Å². The van der Waals surface area contributed by atoms with Gasteiger partial charge in [0.1, 0.15) is 11.8 Å². The highest BCUT2D eigenvalue weighted by molar-refractivity contribution is 5.68. The molecule has 1 heterocycles. The van der Waals surface area contributed by atoms with Crippen molar-refractivity contribution in [2.75, 3.05) is 20.8 Å². The van der Waals surface area contributed by atoms with Gasteiger partial charge >= 0.3 is 12.1 Å². The molecule has 0 spiro atoms. The minimum atomic E-state index is -1.16. The van der Waals surface area contributed by atoms with Crippen molar-refractivity contribution in [3.05, 3.63) is 35.9 Å². The van der Waals surface area contributed by atoms with E-state index in [2.05, 4.69) is 15.3 Å². The van der Waals surface area contributed by atoms with Crippen LogP contribution in [-0.2, 0) is 4.74 Å². The number of hydrogen-bond donors (Lipinski definition) is 1. The predicted octanol–water partition coefficient (Wildman–Crippen LogP) is 2.60. The highest BCUT2D eigenvalue weighted by Crippen LogP contribution is 2.31. The normalized spacial score (nSPS) is 11.0. The summed E-state index contributed by atoms with van der Waals surface area (Å²) in [6, 6.07) is 10.0. The topological polar surface area (TPSA) is 116 Å². The monoisotopic (exact) mass is 358 g/mol. The molecular weight excluding hydrogens is 340 g/mol. The summed E-state index contributed by atoms with van der Waals surface area (Å²) >= 11 is 0. The number of rotatable bonds is 7. The molecule has 0 fully saturated rings. The number of nitrogens with zero attached hydrogens (tertiary/aromatic N) is 3. The lowest BCUT2D eigenvalue weighted by Gasteiger charge is -2.15. The molecule has 1 aromatic carbocycles. The molecule has 136 valence electrons. The van der Waals surface area contributed by atoms with Crippen molar-refractivity contribution in [2.45, 2.75) is 13.0 Å². The maximum atomic E-state index is 11.6. The zero-order chi connectivity index (χ0) is 18.9. The first-order valence-corrected chi connectivity index (χ1v) is 7.69. The Hall–Kier alpha value is -3.54. The van der Waals surface area contributed by atoms with Crippen molar-refractivity contribution in [1.29, 1.82) is 5.26 Å². The highest BCUT2D eigenvalue weighted by atomic mass is 16.6. The highest BCUT2D eigenvalue weighted by Gasteiger charge is 2.21. The molecule has 2 aromatic rings. The molecule has 26 heavy (non-hydrogen) atoms. The standard InChI is InChI=1S/C17H18N4O5/c1-4-19-17(22)26-13(10-18)11-7-5-6-8-12(11)25-16-20-14(23-2)9-15(21-16)24-3/h5-9,13H,4H2,1-3H3,(H,19,22). The molecule has 1 atom stereocenters. The first kappa shape index (κ1) is 18.8. The Morgan fingerprint density at radius 1 is 1.23 bits per heavy atom. The van der Waals surface area contributed by atoms with Crippen LogP contribution in [-0.4, -0.2) is 36.8 Å². The second-order valence-corrected chi connectivity index (χ2v) is 4.82. The Bertz CT molecular complexity index is 784. The van der Waals surface area contributed by atoms with Crippen molar-refractivity contribution in [1.82, 2.24) is 15.3 Å². The van der Waals surface area contributed by atoms with Crippen molar-refractivity contribution in [3.63, 3.8) is 0 Å². The van der Waals surface area contributed by atoms with Crippen LogP contribution in [0, 0.1) is 11.3 Å². The molecule has 1 unspecified atom stereocenters. The fourth-order valence-electron chi connectivity index (χ4n) is 1.98. The summed E-state index contributed by atoms with van der Waals surface area (Å²) in [5.41, 5.74) is 0.353. The third kappa shape index (κ3) is 4.73. The van der Waals surface area contributed by atoms with Crippen LogP contribution in [0.5, 0.6) is 23.5 Å². The van der Waals surface area contributed by atoms with E-state index in [1.54, 1.807) is 31.2 Å². The summed E-state index contributed by atoms with van der Waals surface area (Å²) in [5, 5.41) is 11.8. The number of alkyl carbamates (subject to hydrolysis) is 1. The minimum absolute atomic E-state index is 0.0386. The Morgan fingerprint density at radius 3 is 2.46 bits per heavy atom. The van der Waals surface area contributed by atoms with Crippen LogP contribution in [0.3, 0.4) is 0 Å². The first-order valence-electron chi connectivity index (χ1n) is 7.69. The molecule has 0 saturated heterocycles. The lowest BCUT2D eigenvalue weighted by atomic mass is 10.1. The molecule has 1 aromatic heterocycles. The van der Waals surface area contributed by atoms with Gasteiger partial charge in [-0.05, 0) is 13.0 Å². The van der Waals surface area contributed by atoms with Gasteiger partial charge in [-0.15, -0.1) is 0 Å². The molecule has 1 N–H and O–H groups in total. The van der Waals surface area contributed by atoms with E-state index in [1.807, 2.05) is 6.07 Å². The van der Waals surface area contributed by atoms with E-state index in [0.29, 0.717) is 12.1 Å². The van der Waals surface area contributed by atoms with Gasteiger partial charge in [0, 0.05) is 12.1 Å². The summed E-state index contributed by atoms with van der Waals surface area (Å²) in [4.78, 5) is 19.8. The molecule has 1 amide bonds. The van der Waals surface area contributed by atoms with Gasteiger partial charge < -0.3 is 24.3 Å². The van der Waals surface area contributed by atoms with Gasteiger partial charge in [-0.1, -0.05) is 18.2 Å². The van der Waals surface area contributed by atoms with Crippen LogP contribution < -0.4 is 19.5 Å². The Balaban J connectivity index is 2.31. The minimum Gasteiger partial charge on any atom is -0.481 e. The number of carbonyl (C=O) groups excluding carboxylic acids is 1. The molecule has 0 aliphatic heterocycles. The molecule has 0 saturated carbocycles. The van der Waals surface area contributed by atoms with E-state index in [-0.39, 0.29) is 23.5 Å². The number of amides is 1. The first-order chi connectivity index (χ1) is 12.6. The van der Waals surface area contributed by atoms with Gasteiger partial charge in [0.15, 0.2) is 0 Å². The summed E-state index contributed by atoms with van der Waals surface area (Å²) in [6.07, 6.45) is -1.86. The number of benzene rings is 1. The molecule has 0 aliphatic rings. The molecule has 2 rings (SSSR count). The maximum Gasteiger partial charge on any atom is 0.408 e. The second-order valence-electron chi connectivity index (χ2n) is 4.82. The van der Waals surface area contributed by atoms with Crippen LogP contribution in [0.25, 0.3) is 0 Å². The number of nitrogens with one attached hydrogen (secondary N) is 1. The van der Waals surface area contributed by atoms with E-state index in [0.717, 1.165) is 0 Å². The third-order valence-corrected chi connectivity index (χ3v) is 3.14. The van der Waals surface area contributed by atoms with Gasteiger partial charge in [-0.25, -0.2) is 4.79 Å². The van der Waals surface area contributed by atoms with E-state index in [4.69, 9.17) is 18.9 Å². The molecular formula is C17H18N4O5. The van der Waals surface area contributed by atoms with Crippen molar-refractivity contribution in [2.24, 2.45) is 0 Å². The number of hydrogen-bond acceptors (Lipinski definition) is 8. The fraction of sp³-hybridized carbons (Fsp3) is 0.294. The SMILES string of the molecule is CCNC(=O)OC(C#N)c1ccccc1Oc1nc(OC)cc(OC)n1. The maximum absolute atomic E-state index is 11.6. The van der Waals surface area contributed by atoms with Crippen LogP contribution in [0.2, 0.25) is 0 Å². The number of ether oxygens (including phenoxy) is 4. The average Bonchev–Trinajstić information content (AvgIpc) is 2.66. The zero-order valence-corrected chi connectivity index (χ0v) is 14.6. The molecule has 0 radical (unpaired) electrons. The Morgan fingerprint density at radius 2 is 1.88 bits per heavy atom. The van der Waals surface area contributed by atoms with Crippen molar-refractivity contribution >= 4 is 6.09 Å². The number of aromatic nitrogens is 2. The summed E-state index contributed by atoms with van der Waals surface area (Å²) in [5.74, 6) is 0.762. The van der Waals surface area contributed by atoms with E-state index in [1.165, 1.54) is 20.3 Å².